The van der Waals surface area contributed by atoms with Gasteiger partial charge in [-0.3, -0.25) is 4.90 Å². The highest BCUT2D eigenvalue weighted by molar-refractivity contribution is 8.01. The lowest BCUT2D eigenvalue weighted by Gasteiger charge is -2.25. The van der Waals surface area contributed by atoms with Gasteiger partial charge in [0.1, 0.15) is 0 Å². The molecule has 0 spiro atoms. The van der Waals surface area contributed by atoms with Crippen LogP contribution in [-0.2, 0) is 0 Å². The zero-order valence-corrected chi connectivity index (χ0v) is 9.37. The van der Waals surface area contributed by atoms with Gasteiger partial charge in [-0.15, -0.1) is 11.8 Å². The molecule has 0 aliphatic carbocycles. The first kappa shape index (κ1) is 8.89. The summed E-state index contributed by atoms with van der Waals surface area (Å²) in [5, 5.41) is 0.839. The molecule has 70 valence electrons. The Morgan fingerprint density at radius 3 is 2.58 bits per heavy atom. The van der Waals surface area contributed by atoms with E-state index in [0.29, 0.717) is 10.3 Å². The minimum atomic E-state index is 0.461. The van der Waals surface area contributed by atoms with Gasteiger partial charge in [0.15, 0.2) is 0 Å². The van der Waals surface area contributed by atoms with Gasteiger partial charge in [-0.1, -0.05) is 20.8 Å². The van der Waals surface area contributed by atoms with Crippen molar-refractivity contribution in [1.82, 2.24) is 4.90 Å². The molecule has 2 aliphatic heterocycles. The molecule has 2 aliphatic rings. The van der Waals surface area contributed by atoms with Crippen molar-refractivity contribution >= 4 is 11.8 Å². The third kappa shape index (κ3) is 1.29. The Kier molecular flexibility index (Phi) is 1.79. The number of rotatable bonds is 0. The largest absolute Gasteiger partial charge is 0.288 e. The lowest BCUT2D eigenvalue weighted by atomic mass is 9.91. The minimum Gasteiger partial charge on any atom is -0.288 e. The maximum absolute atomic E-state index is 2.67. The van der Waals surface area contributed by atoms with E-state index in [1.54, 1.807) is 0 Å². The van der Waals surface area contributed by atoms with Crippen molar-refractivity contribution in [1.29, 1.82) is 0 Å². The third-order valence-electron chi connectivity index (χ3n) is 3.03. The standard InChI is InChI=1S/C10H19NS/c1-8-5-11-7-9(2,3)6-10(11,4)12-8/h8H,5-7H2,1-4H3/t8-,10-/m1/s1. The van der Waals surface area contributed by atoms with Gasteiger partial charge < -0.3 is 0 Å². The molecular formula is C10H19NS. The Bertz CT molecular complexity index is 202. The first-order chi connectivity index (χ1) is 5.41. The van der Waals surface area contributed by atoms with Crippen LogP contribution in [0.2, 0.25) is 0 Å². The second-order valence-electron chi connectivity index (χ2n) is 5.33. The van der Waals surface area contributed by atoms with E-state index in [4.69, 9.17) is 0 Å². The van der Waals surface area contributed by atoms with E-state index in [1.807, 2.05) is 0 Å². The molecule has 2 heterocycles. The number of hydrogen-bond donors (Lipinski definition) is 0. The summed E-state index contributed by atoms with van der Waals surface area (Å²) in [5.41, 5.74) is 0.544. The second-order valence-corrected chi connectivity index (χ2v) is 7.24. The summed E-state index contributed by atoms with van der Waals surface area (Å²) in [4.78, 5) is 3.13. The molecule has 1 nitrogen and oxygen atoms in total. The average molecular weight is 185 g/mol. The van der Waals surface area contributed by atoms with Crippen molar-refractivity contribution in [3.63, 3.8) is 0 Å². The Morgan fingerprint density at radius 2 is 2.00 bits per heavy atom. The molecule has 2 heteroatoms. The number of hydrogen-bond acceptors (Lipinski definition) is 2. The van der Waals surface area contributed by atoms with Crippen LogP contribution in [0, 0.1) is 5.41 Å². The quantitative estimate of drug-likeness (QED) is 0.570. The van der Waals surface area contributed by atoms with E-state index in [9.17, 15) is 0 Å². The molecule has 0 unspecified atom stereocenters. The summed E-state index contributed by atoms with van der Waals surface area (Å²) >= 11 is 2.17. The number of nitrogens with zero attached hydrogens (tertiary/aromatic N) is 1. The highest BCUT2D eigenvalue weighted by Crippen LogP contribution is 2.52. The van der Waals surface area contributed by atoms with Crippen LogP contribution in [0.4, 0.5) is 0 Å². The van der Waals surface area contributed by atoms with Crippen LogP contribution in [0.25, 0.3) is 0 Å². The molecule has 12 heavy (non-hydrogen) atoms. The fourth-order valence-corrected chi connectivity index (χ4v) is 4.78. The molecule has 2 fully saturated rings. The molecular weight excluding hydrogens is 166 g/mol. The van der Waals surface area contributed by atoms with Crippen LogP contribution in [0.5, 0.6) is 0 Å². The van der Waals surface area contributed by atoms with Gasteiger partial charge in [-0.25, -0.2) is 0 Å². The zero-order chi connectivity index (χ0) is 8.98. The van der Waals surface area contributed by atoms with Crippen molar-refractivity contribution < 1.29 is 0 Å². The fourth-order valence-electron chi connectivity index (χ4n) is 2.89. The lowest BCUT2D eigenvalue weighted by molar-refractivity contribution is 0.254. The maximum atomic E-state index is 2.67. The Labute approximate surface area is 79.9 Å². The first-order valence-corrected chi connectivity index (χ1v) is 5.72. The summed E-state index contributed by atoms with van der Waals surface area (Å²) in [6, 6.07) is 0. The maximum Gasteiger partial charge on any atom is 0.0650 e. The number of thioether (sulfide) groups is 1. The van der Waals surface area contributed by atoms with E-state index in [-0.39, 0.29) is 0 Å². The van der Waals surface area contributed by atoms with E-state index >= 15 is 0 Å². The smallest absolute Gasteiger partial charge is 0.0650 e. The molecule has 2 saturated heterocycles. The van der Waals surface area contributed by atoms with Crippen LogP contribution in [0.1, 0.15) is 34.1 Å². The van der Waals surface area contributed by atoms with E-state index in [1.165, 1.54) is 19.5 Å². The van der Waals surface area contributed by atoms with Gasteiger partial charge in [0.25, 0.3) is 0 Å². The second kappa shape index (κ2) is 2.42. The highest BCUT2D eigenvalue weighted by Gasteiger charge is 2.50. The van der Waals surface area contributed by atoms with Gasteiger partial charge >= 0.3 is 0 Å². The fraction of sp³-hybridized carbons (Fsp3) is 1.00. The van der Waals surface area contributed by atoms with Crippen LogP contribution in [0.15, 0.2) is 0 Å². The minimum absolute atomic E-state index is 0.461. The van der Waals surface area contributed by atoms with Gasteiger partial charge in [0.05, 0.1) is 4.87 Å². The van der Waals surface area contributed by atoms with Crippen molar-refractivity contribution in [2.24, 2.45) is 5.41 Å². The average Bonchev–Trinajstić information content (AvgIpc) is 2.11. The normalized spacial score (nSPS) is 46.5. The molecule has 0 bridgehead atoms. The summed E-state index contributed by atoms with van der Waals surface area (Å²) in [5.74, 6) is 0. The molecule has 0 radical (unpaired) electrons. The zero-order valence-electron chi connectivity index (χ0n) is 8.55. The molecule has 0 aromatic carbocycles. The van der Waals surface area contributed by atoms with Crippen LogP contribution >= 0.6 is 11.8 Å². The lowest BCUT2D eigenvalue weighted by Crippen LogP contribution is -2.32. The Hall–Kier alpha value is 0.310. The van der Waals surface area contributed by atoms with E-state index < -0.39 is 0 Å². The molecule has 0 aromatic rings. The predicted octanol–water partition coefficient (Wildman–Crippen LogP) is 2.57. The van der Waals surface area contributed by atoms with E-state index in [2.05, 4.69) is 44.4 Å². The summed E-state index contributed by atoms with van der Waals surface area (Å²) in [7, 11) is 0. The third-order valence-corrected chi connectivity index (χ3v) is 4.49. The van der Waals surface area contributed by atoms with Gasteiger partial charge in [0, 0.05) is 18.3 Å². The summed E-state index contributed by atoms with van der Waals surface area (Å²) in [6.07, 6.45) is 1.36. The Morgan fingerprint density at radius 1 is 1.33 bits per heavy atom. The molecule has 2 rings (SSSR count). The van der Waals surface area contributed by atoms with Crippen LogP contribution in [-0.4, -0.2) is 28.1 Å². The van der Waals surface area contributed by atoms with Crippen molar-refractivity contribution in [3.05, 3.63) is 0 Å². The molecule has 0 amide bonds. The molecule has 2 atom stereocenters. The Balaban J connectivity index is 2.17. The molecule has 0 saturated carbocycles. The highest BCUT2D eigenvalue weighted by atomic mass is 32.2. The van der Waals surface area contributed by atoms with Crippen molar-refractivity contribution in [3.8, 4) is 0 Å². The van der Waals surface area contributed by atoms with Gasteiger partial charge in [0.2, 0.25) is 0 Å². The molecule has 0 aromatic heterocycles. The monoisotopic (exact) mass is 185 g/mol. The SMILES string of the molecule is C[C@@H]1CN2CC(C)(C)C[C@@]2(C)S1. The molecule has 0 N–H and O–H groups in total. The summed E-state index contributed by atoms with van der Waals surface area (Å²) in [6.45, 7) is 12.1. The van der Waals surface area contributed by atoms with Crippen molar-refractivity contribution in [2.45, 2.75) is 44.2 Å². The van der Waals surface area contributed by atoms with E-state index in [0.717, 1.165) is 5.25 Å². The summed E-state index contributed by atoms with van der Waals surface area (Å²) < 4.78 is 0. The van der Waals surface area contributed by atoms with Crippen LogP contribution in [0.3, 0.4) is 0 Å². The first-order valence-electron chi connectivity index (χ1n) is 4.84. The number of fused-ring (bicyclic) bond motifs is 1. The van der Waals surface area contributed by atoms with Gasteiger partial charge in [-0.05, 0) is 18.8 Å². The topological polar surface area (TPSA) is 3.24 Å². The van der Waals surface area contributed by atoms with Crippen LogP contribution < -0.4 is 0 Å². The van der Waals surface area contributed by atoms with Gasteiger partial charge in [-0.2, -0.15) is 0 Å². The van der Waals surface area contributed by atoms with Crippen molar-refractivity contribution in [2.75, 3.05) is 13.1 Å². The predicted molar refractivity (Wildman–Crippen MR) is 55.4 cm³/mol.